The third-order valence-corrected chi connectivity index (χ3v) is 6.29. The Morgan fingerprint density at radius 2 is 1.97 bits per heavy atom. The van der Waals surface area contributed by atoms with Crippen molar-refractivity contribution in [3.63, 3.8) is 0 Å². The van der Waals surface area contributed by atoms with Crippen LogP contribution in [0.25, 0.3) is 5.78 Å². The summed E-state index contributed by atoms with van der Waals surface area (Å²) < 4.78 is 12.6. The fourth-order valence-electron chi connectivity index (χ4n) is 4.50. The summed E-state index contributed by atoms with van der Waals surface area (Å²) in [6, 6.07) is 6.15. The van der Waals surface area contributed by atoms with Crippen molar-refractivity contribution in [2.75, 3.05) is 33.0 Å². The summed E-state index contributed by atoms with van der Waals surface area (Å²) in [5.41, 5.74) is 4.24. The Kier molecular flexibility index (Phi) is 5.19. The molecule has 0 bridgehead atoms. The van der Waals surface area contributed by atoms with E-state index in [2.05, 4.69) is 27.2 Å². The highest BCUT2D eigenvalue weighted by molar-refractivity contribution is 5.76. The maximum absolute atomic E-state index is 12.8. The minimum Gasteiger partial charge on any atom is -0.454 e. The van der Waals surface area contributed by atoms with Crippen LogP contribution in [0.4, 0.5) is 0 Å². The van der Waals surface area contributed by atoms with E-state index in [1.54, 1.807) is 4.52 Å². The minimum atomic E-state index is 0.208. The molecule has 1 fully saturated rings. The maximum atomic E-state index is 12.8. The van der Waals surface area contributed by atoms with Gasteiger partial charge in [-0.25, -0.2) is 9.50 Å². The van der Waals surface area contributed by atoms with Crippen molar-refractivity contribution in [2.24, 2.45) is 0 Å². The fraction of sp³-hybridized carbons (Fsp3) is 0.455. The summed E-state index contributed by atoms with van der Waals surface area (Å²) in [6.45, 7) is 8.69. The van der Waals surface area contributed by atoms with Crippen LogP contribution in [0.5, 0.6) is 11.5 Å². The molecule has 3 aromatic rings. The van der Waals surface area contributed by atoms with Gasteiger partial charge < -0.3 is 19.3 Å². The summed E-state index contributed by atoms with van der Waals surface area (Å²) in [7, 11) is 0. The number of ether oxygens (including phenoxy) is 2. The number of aromatic nitrogens is 4. The van der Waals surface area contributed by atoms with Gasteiger partial charge in [-0.2, -0.15) is 10.1 Å². The van der Waals surface area contributed by atoms with Crippen LogP contribution in [0.3, 0.4) is 0 Å². The number of nitrogens with zero attached hydrogens (tertiary/aromatic N) is 5. The van der Waals surface area contributed by atoms with E-state index < -0.39 is 0 Å². The monoisotopic (exact) mass is 423 g/mol. The fourth-order valence-corrected chi connectivity index (χ4v) is 4.50. The van der Waals surface area contributed by atoms with Crippen LogP contribution in [0.1, 0.15) is 28.9 Å². The van der Waals surface area contributed by atoms with Gasteiger partial charge in [-0.1, -0.05) is 0 Å². The number of benzene rings is 1. The van der Waals surface area contributed by atoms with E-state index in [-0.39, 0.29) is 5.91 Å². The Bertz CT molecular complexity index is 1120. The van der Waals surface area contributed by atoms with Gasteiger partial charge in [-0.05, 0) is 44.0 Å². The van der Waals surface area contributed by atoms with Crippen LogP contribution in [0.15, 0.2) is 24.5 Å². The first kappa shape index (κ1) is 19.7. The standard InChI is InChI=1S/C22H26N6O3/c1-15-18(16(2)28-22(25-15)23-13-24-28)4-6-21(29)27-9-7-26(8-10-27)12-17-3-5-19-20(11-17)31-14-30-19/h3,5,11,13H,4,6-10,12,14H2,1-2H3/p+1. The Morgan fingerprint density at radius 1 is 1.16 bits per heavy atom. The molecule has 9 heteroatoms. The quantitative estimate of drug-likeness (QED) is 0.637. The van der Waals surface area contributed by atoms with Crippen molar-refractivity contribution in [2.45, 2.75) is 33.2 Å². The van der Waals surface area contributed by atoms with E-state index in [0.29, 0.717) is 25.4 Å². The normalized spacial score (nSPS) is 16.3. The van der Waals surface area contributed by atoms with Gasteiger partial charge in [0.1, 0.15) is 12.9 Å². The third-order valence-electron chi connectivity index (χ3n) is 6.29. The Hall–Kier alpha value is -3.20. The predicted octanol–water partition coefficient (Wildman–Crippen LogP) is 0.330. The molecule has 1 N–H and O–H groups in total. The van der Waals surface area contributed by atoms with Gasteiger partial charge in [0.05, 0.1) is 26.2 Å². The van der Waals surface area contributed by atoms with E-state index in [4.69, 9.17) is 9.47 Å². The number of carbonyl (C=O) groups excluding carboxylic acids is 1. The Morgan fingerprint density at radius 3 is 2.81 bits per heavy atom. The second kappa shape index (κ2) is 8.14. The minimum absolute atomic E-state index is 0.208. The van der Waals surface area contributed by atoms with Crippen LogP contribution in [0.2, 0.25) is 0 Å². The lowest BCUT2D eigenvalue weighted by atomic mass is 10.1. The lowest BCUT2D eigenvalue weighted by molar-refractivity contribution is -0.917. The van der Waals surface area contributed by atoms with Gasteiger partial charge in [0.15, 0.2) is 11.5 Å². The van der Waals surface area contributed by atoms with Crippen LogP contribution in [0, 0.1) is 13.8 Å². The highest BCUT2D eigenvalue weighted by Crippen LogP contribution is 2.32. The van der Waals surface area contributed by atoms with Crippen molar-refractivity contribution in [1.29, 1.82) is 0 Å². The summed E-state index contributed by atoms with van der Waals surface area (Å²) in [4.78, 5) is 25.0. The van der Waals surface area contributed by atoms with E-state index >= 15 is 0 Å². The molecule has 5 rings (SSSR count). The first-order valence-electron chi connectivity index (χ1n) is 10.7. The highest BCUT2D eigenvalue weighted by Gasteiger charge is 2.25. The largest absolute Gasteiger partial charge is 0.454 e. The molecule has 31 heavy (non-hydrogen) atoms. The zero-order valence-electron chi connectivity index (χ0n) is 17.9. The number of aryl methyl sites for hydroxylation is 2. The third kappa shape index (κ3) is 3.93. The van der Waals surface area contributed by atoms with Crippen molar-refractivity contribution in [3.05, 3.63) is 47.0 Å². The number of rotatable bonds is 5. The number of hydrogen-bond acceptors (Lipinski definition) is 6. The summed E-state index contributed by atoms with van der Waals surface area (Å²) >= 11 is 0. The maximum Gasteiger partial charge on any atom is 0.252 e. The number of quaternary nitrogens is 1. The molecule has 1 aromatic carbocycles. The molecule has 4 heterocycles. The molecular weight excluding hydrogens is 396 g/mol. The molecule has 2 aliphatic heterocycles. The van der Waals surface area contributed by atoms with Crippen molar-refractivity contribution in [1.82, 2.24) is 24.5 Å². The lowest BCUT2D eigenvalue weighted by Crippen LogP contribution is -3.13. The van der Waals surface area contributed by atoms with Gasteiger partial charge in [-0.15, -0.1) is 0 Å². The first-order chi connectivity index (χ1) is 15.1. The van der Waals surface area contributed by atoms with E-state index in [1.165, 1.54) is 16.8 Å². The molecule has 0 aliphatic carbocycles. The van der Waals surface area contributed by atoms with Crippen LogP contribution < -0.4 is 14.4 Å². The molecule has 0 radical (unpaired) electrons. The van der Waals surface area contributed by atoms with E-state index in [9.17, 15) is 4.79 Å². The zero-order chi connectivity index (χ0) is 21.4. The molecule has 162 valence electrons. The summed E-state index contributed by atoms with van der Waals surface area (Å²) in [5, 5.41) is 4.23. The molecule has 9 nitrogen and oxygen atoms in total. The number of hydrogen-bond donors (Lipinski definition) is 1. The number of amides is 1. The SMILES string of the molecule is Cc1nc2ncnn2c(C)c1CCC(=O)N1CC[NH+](Cc2ccc3c(c2)OCO3)CC1. The lowest BCUT2D eigenvalue weighted by Gasteiger charge is -2.32. The second-order valence-electron chi connectivity index (χ2n) is 8.23. The molecule has 0 unspecified atom stereocenters. The smallest absolute Gasteiger partial charge is 0.252 e. The molecule has 1 amide bonds. The van der Waals surface area contributed by atoms with E-state index in [1.807, 2.05) is 24.8 Å². The Balaban J connectivity index is 1.14. The van der Waals surface area contributed by atoms with Crippen molar-refractivity contribution in [3.8, 4) is 11.5 Å². The van der Waals surface area contributed by atoms with Gasteiger partial charge in [0.2, 0.25) is 12.7 Å². The van der Waals surface area contributed by atoms with Gasteiger partial charge in [0, 0.05) is 23.4 Å². The van der Waals surface area contributed by atoms with Crippen LogP contribution in [-0.4, -0.2) is 63.4 Å². The van der Waals surface area contributed by atoms with Crippen LogP contribution >= 0.6 is 0 Å². The zero-order valence-corrected chi connectivity index (χ0v) is 17.9. The van der Waals surface area contributed by atoms with Gasteiger partial charge in [0.25, 0.3) is 5.78 Å². The first-order valence-corrected chi connectivity index (χ1v) is 10.7. The van der Waals surface area contributed by atoms with Crippen molar-refractivity contribution < 1.29 is 19.2 Å². The average molecular weight is 423 g/mol. The molecule has 2 aliphatic rings. The van der Waals surface area contributed by atoms with Crippen LogP contribution in [-0.2, 0) is 17.8 Å². The summed E-state index contributed by atoms with van der Waals surface area (Å²) in [5.74, 6) is 2.46. The number of fused-ring (bicyclic) bond motifs is 2. The summed E-state index contributed by atoms with van der Waals surface area (Å²) in [6.07, 6.45) is 2.67. The number of nitrogens with one attached hydrogen (secondary N) is 1. The predicted molar refractivity (Wildman–Crippen MR) is 112 cm³/mol. The van der Waals surface area contributed by atoms with Gasteiger partial charge in [-0.3, -0.25) is 4.79 Å². The Labute approximate surface area is 180 Å². The molecule has 0 spiro atoms. The number of piperazine rings is 1. The van der Waals surface area contributed by atoms with Crippen molar-refractivity contribution >= 4 is 11.7 Å². The number of carbonyl (C=O) groups is 1. The highest BCUT2D eigenvalue weighted by atomic mass is 16.7. The van der Waals surface area contributed by atoms with Gasteiger partial charge >= 0.3 is 0 Å². The molecule has 0 atom stereocenters. The topological polar surface area (TPSA) is 86.3 Å². The van der Waals surface area contributed by atoms with E-state index in [0.717, 1.165) is 61.2 Å². The second-order valence-corrected chi connectivity index (χ2v) is 8.23. The molecule has 2 aromatic heterocycles. The molecule has 0 saturated carbocycles. The molecular formula is C22H27N6O3+. The average Bonchev–Trinajstić information content (AvgIpc) is 3.43. The molecule has 1 saturated heterocycles.